The third-order valence-electron chi connectivity index (χ3n) is 10.9. The van der Waals surface area contributed by atoms with Gasteiger partial charge in [0.15, 0.2) is 8.32 Å². The van der Waals surface area contributed by atoms with Gasteiger partial charge in [-0.3, -0.25) is 9.59 Å². The van der Waals surface area contributed by atoms with E-state index in [9.17, 15) is 14.7 Å². The second kappa shape index (κ2) is 15.0. The maximum Gasteiger partial charge on any atom is 0.273 e. The van der Waals surface area contributed by atoms with E-state index in [2.05, 4.69) is 60.9 Å². The van der Waals surface area contributed by atoms with Crippen molar-refractivity contribution < 1.29 is 19.1 Å². The van der Waals surface area contributed by atoms with Crippen LogP contribution in [0, 0.1) is 6.92 Å². The minimum absolute atomic E-state index is 0.0259. The standard InChI is InChI=1S/C38H52N4O5S2Si/c1-26-39-31(24-48-26)36(45)42-22-23-46-38(25-42)17-20-41(21-18-38)19-16-28-11-10-27(49-28)8-7-9-33(47-50(5,6)37(2,3)4)29-12-14-32(43)35-30(29)13-15-34(44)40-35/h10-15,24,33,43H,7-9,16-23,25H2,1-6H3,(H,40,44)/t33-/m0/s1. The Hall–Kier alpha value is -2.87. The number of aromatic amines is 1. The molecule has 12 heteroatoms. The van der Waals surface area contributed by atoms with Crippen LogP contribution in [0.4, 0.5) is 0 Å². The number of nitrogens with zero attached hydrogens (tertiary/aromatic N) is 3. The number of morpholine rings is 1. The van der Waals surface area contributed by atoms with Crippen molar-refractivity contribution in [2.45, 2.75) is 96.1 Å². The number of thiazole rings is 1. The molecule has 0 bridgehead atoms. The Bertz CT molecular complexity index is 1850. The number of hydrogen-bond donors (Lipinski definition) is 2. The number of hydrogen-bond acceptors (Lipinski definition) is 9. The molecule has 0 unspecified atom stereocenters. The number of nitrogens with one attached hydrogen (secondary N) is 1. The molecule has 2 aliphatic rings. The van der Waals surface area contributed by atoms with E-state index < -0.39 is 8.32 Å². The summed E-state index contributed by atoms with van der Waals surface area (Å²) in [6, 6.07) is 11.5. The number of carbonyl (C=O) groups is 1. The number of likely N-dealkylation sites (tertiary alicyclic amines) is 1. The number of rotatable bonds is 11. The lowest BCUT2D eigenvalue weighted by Crippen LogP contribution is -2.58. The van der Waals surface area contributed by atoms with Crippen molar-refractivity contribution in [2.75, 3.05) is 39.3 Å². The molecule has 1 aromatic carbocycles. The molecule has 1 spiro atoms. The van der Waals surface area contributed by atoms with E-state index in [1.807, 2.05) is 40.7 Å². The van der Waals surface area contributed by atoms with Crippen molar-refractivity contribution in [3.05, 3.63) is 78.2 Å². The zero-order chi connectivity index (χ0) is 35.7. The molecule has 2 aliphatic heterocycles. The monoisotopic (exact) mass is 736 g/mol. The third-order valence-corrected chi connectivity index (χ3v) is 17.4. The smallest absolute Gasteiger partial charge is 0.273 e. The number of pyridine rings is 1. The molecule has 0 aliphatic carbocycles. The number of H-pyrrole nitrogens is 1. The Morgan fingerprint density at radius 3 is 2.54 bits per heavy atom. The van der Waals surface area contributed by atoms with Crippen LogP contribution in [0.3, 0.4) is 0 Å². The summed E-state index contributed by atoms with van der Waals surface area (Å²) in [6.07, 6.45) is 5.57. The molecule has 0 radical (unpaired) electrons. The highest BCUT2D eigenvalue weighted by molar-refractivity contribution is 7.12. The first kappa shape index (κ1) is 36.9. The third kappa shape index (κ3) is 8.42. The summed E-state index contributed by atoms with van der Waals surface area (Å²) in [5.41, 5.74) is 1.56. The number of piperidine rings is 1. The van der Waals surface area contributed by atoms with Crippen LogP contribution in [-0.4, -0.2) is 84.0 Å². The molecule has 1 amide bonds. The minimum atomic E-state index is -2.11. The van der Waals surface area contributed by atoms with Crippen molar-refractivity contribution in [1.82, 2.24) is 19.8 Å². The molecule has 4 aromatic rings. The van der Waals surface area contributed by atoms with Crippen molar-refractivity contribution >= 4 is 47.8 Å². The molecule has 2 saturated heterocycles. The van der Waals surface area contributed by atoms with Crippen LogP contribution >= 0.6 is 22.7 Å². The normalized spacial score (nSPS) is 17.8. The van der Waals surface area contributed by atoms with E-state index in [1.165, 1.54) is 27.2 Å². The van der Waals surface area contributed by atoms with Crippen LogP contribution in [0.25, 0.3) is 10.9 Å². The molecular weight excluding hydrogens is 685 g/mol. The van der Waals surface area contributed by atoms with Gasteiger partial charge in [-0.05, 0) is 93.4 Å². The molecule has 5 heterocycles. The van der Waals surface area contributed by atoms with Crippen LogP contribution in [0.15, 0.2) is 46.6 Å². The molecule has 1 atom stereocenters. The van der Waals surface area contributed by atoms with E-state index in [1.54, 1.807) is 6.07 Å². The predicted octanol–water partition coefficient (Wildman–Crippen LogP) is 7.70. The van der Waals surface area contributed by atoms with Crippen LogP contribution in [0.5, 0.6) is 5.75 Å². The van der Waals surface area contributed by atoms with Gasteiger partial charge in [0.1, 0.15) is 11.4 Å². The van der Waals surface area contributed by atoms with Crippen molar-refractivity contribution in [3.8, 4) is 5.75 Å². The number of aromatic nitrogens is 2. The number of phenols is 1. The lowest BCUT2D eigenvalue weighted by molar-refractivity contribution is -0.127. The minimum Gasteiger partial charge on any atom is -0.506 e. The zero-order valence-electron chi connectivity index (χ0n) is 30.3. The molecule has 6 rings (SSSR count). The van der Waals surface area contributed by atoms with E-state index in [0.717, 1.165) is 74.1 Å². The first-order valence-corrected chi connectivity index (χ1v) is 22.5. The average Bonchev–Trinajstić information content (AvgIpc) is 3.72. The summed E-state index contributed by atoms with van der Waals surface area (Å²) < 4.78 is 13.4. The van der Waals surface area contributed by atoms with Crippen LogP contribution < -0.4 is 5.56 Å². The lowest BCUT2D eigenvalue weighted by atomic mass is 9.89. The van der Waals surface area contributed by atoms with Gasteiger partial charge in [-0.15, -0.1) is 22.7 Å². The average molecular weight is 737 g/mol. The maximum atomic E-state index is 13.1. The molecule has 2 fully saturated rings. The molecule has 3 aromatic heterocycles. The van der Waals surface area contributed by atoms with Gasteiger partial charge in [-0.1, -0.05) is 26.8 Å². The van der Waals surface area contributed by atoms with Gasteiger partial charge in [0.2, 0.25) is 5.56 Å². The molecule has 9 nitrogen and oxygen atoms in total. The van der Waals surface area contributed by atoms with Crippen molar-refractivity contribution in [1.29, 1.82) is 0 Å². The Morgan fingerprint density at radius 1 is 1.10 bits per heavy atom. The van der Waals surface area contributed by atoms with Crippen LogP contribution in [-0.2, 0) is 22.0 Å². The summed E-state index contributed by atoms with van der Waals surface area (Å²) in [5, 5.41) is 14.2. The highest BCUT2D eigenvalue weighted by atomic mass is 32.1. The van der Waals surface area contributed by atoms with Gasteiger partial charge in [0.25, 0.3) is 5.91 Å². The highest BCUT2D eigenvalue weighted by Crippen LogP contribution is 2.43. The number of amides is 1. The number of ether oxygens (including phenoxy) is 1. The second-order valence-corrected chi connectivity index (χ2v) is 22.6. The Morgan fingerprint density at radius 2 is 1.84 bits per heavy atom. The van der Waals surface area contributed by atoms with Crippen molar-refractivity contribution in [3.63, 3.8) is 0 Å². The van der Waals surface area contributed by atoms with Crippen LogP contribution in [0.2, 0.25) is 18.1 Å². The van der Waals surface area contributed by atoms with Gasteiger partial charge in [-0.2, -0.15) is 0 Å². The summed E-state index contributed by atoms with van der Waals surface area (Å²) in [4.78, 5) is 39.7. The number of carbonyl (C=O) groups excluding carboxylic acids is 1. The summed E-state index contributed by atoms with van der Waals surface area (Å²) in [7, 11) is -2.11. The first-order valence-electron chi connectivity index (χ1n) is 17.9. The summed E-state index contributed by atoms with van der Waals surface area (Å²) in [5.74, 6) is 0.101. The Kier molecular flexibility index (Phi) is 11.1. The number of benzene rings is 1. The SMILES string of the molecule is Cc1nc(C(=O)N2CCOC3(CCN(CCc4ccc(CCC[C@H](O[Si](C)(C)C(C)(C)C)c5ccc(O)c6[nH]c(=O)ccc56)s4)CC3)C2)cs1. The van der Waals surface area contributed by atoms with E-state index >= 15 is 0 Å². The van der Waals surface area contributed by atoms with E-state index in [0.29, 0.717) is 30.9 Å². The molecule has 2 N–H and O–H groups in total. The topological polar surface area (TPSA) is 108 Å². The number of phenolic OH excluding ortho intramolecular Hbond substituents is 1. The van der Waals surface area contributed by atoms with Gasteiger partial charge in [-0.25, -0.2) is 4.98 Å². The number of thiophene rings is 1. The fraction of sp³-hybridized carbons (Fsp3) is 0.553. The number of fused-ring (bicyclic) bond motifs is 1. The summed E-state index contributed by atoms with van der Waals surface area (Å²) in [6.45, 7) is 18.1. The predicted molar refractivity (Wildman–Crippen MR) is 205 cm³/mol. The molecule has 50 heavy (non-hydrogen) atoms. The quantitative estimate of drug-likeness (QED) is 0.152. The van der Waals surface area contributed by atoms with E-state index in [-0.39, 0.29) is 34.0 Å². The zero-order valence-corrected chi connectivity index (χ0v) is 33.0. The number of aryl methyl sites for hydroxylation is 2. The lowest BCUT2D eigenvalue weighted by Gasteiger charge is -2.47. The Balaban J connectivity index is 1.02. The van der Waals surface area contributed by atoms with Crippen molar-refractivity contribution in [2.24, 2.45) is 0 Å². The van der Waals surface area contributed by atoms with Crippen LogP contribution in [0.1, 0.15) is 83.4 Å². The highest BCUT2D eigenvalue weighted by Gasteiger charge is 2.42. The van der Waals surface area contributed by atoms with Gasteiger partial charge >= 0.3 is 0 Å². The maximum absolute atomic E-state index is 13.1. The first-order chi connectivity index (χ1) is 23.7. The van der Waals surface area contributed by atoms with Gasteiger partial charge < -0.3 is 29.1 Å². The van der Waals surface area contributed by atoms with Gasteiger partial charge in [0, 0.05) is 52.8 Å². The molecule has 270 valence electrons. The number of aromatic hydroxyl groups is 1. The fourth-order valence-corrected chi connectivity index (χ4v) is 9.84. The summed E-state index contributed by atoms with van der Waals surface area (Å²) >= 11 is 3.43. The fourth-order valence-electron chi connectivity index (χ4n) is 6.90. The van der Waals surface area contributed by atoms with Gasteiger partial charge in [0.05, 0.1) is 35.4 Å². The van der Waals surface area contributed by atoms with E-state index in [4.69, 9.17) is 9.16 Å². The Labute approximate surface area is 304 Å². The largest absolute Gasteiger partial charge is 0.506 e. The molecular formula is C38H52N4O5S2Si. The second-order valence-electron chi connectivity index (χ2n) is 15.5. The molecule has 0 saturated carbocycles.